The molecule has 1 aliphatic carbocycles. The fourth-order valence-corrected chi connectivity index (χ4v) is 5.85. The van der Waals surface area contributed by atoms with Crippen molar-refractivity contribution in [2.24, 2.45) is 10.7 Å². The fraction of sp³-hybridized carbons (Fsp3) is 0.350. The zero-order valence-corrected chi connectivity index (χ0v) is 15.4. The van der Waals surface area contributed by atoms with E-state index in [2.05, 4.69) is 16.4 Å². The number of aliphatic imine (C=N–C) groups is 1. The molecule has 0 radical (unpaired) electrons. The number of benzene rings is 2. The van der Waals surface area contributed by atoms with Crippen LogP contribution in [0.5, 0.6) is 0 Å². The molecule has 2 aromatic rings. The lowest BCUT2D eigenvalue weighted by Crippen LogP contribution is -2.25. The molecule has 5 nitrogen and oxygen atoms in total. The molecule has 2 aromatic carbocycles. The van der Waals surface area contributed by atoms with Gasteiger partial charge < -0.3 is 11.1 Å². The maximum atomic E-state index is 12.3. The molecule has 4 rings (SSSR count). The maximum Gasteiger partial charge on any atom is 0.193 e. The highest BCUT2D eigenvalue weighted by Gasteiger charge is 2.34. The Labute approximate surface area is 154 Å². The zero-order chi connectivity index (χ0) is 18.1. The van der Waals surface area contributed by atoms with Crippen LogP contribution in [0.2, 0.25) is 0 Å². The summed E-state index contributed by atoms with van der Waals surface area (Å²) >= 11 is 0. The van der Waals surface area contributed by atoms with Crippen molar-refractivity contribution >= 4 is 21.5 Å². The van der Waals surface area contributed by atoms with Crippen LogP contribution in [-0.4, -0.2) is 26.7 Å². The number of nitrogens with zero attached hydrogens (tertiary/aromatic N) is 1. The molecule has 0 saturated heterocycles. The van der Waals surface area contributed by atoms with Gasteiger partial charge in [-0.15, -0.1) is 0 Å². The highest BCUT2D eigenvalue weighted by Crippen LogP contribution is 2.34. The Kier molecular flexibility index (Phi) is 4.44. The van der Waals surface area contributed by atoms with E-state index in [1.54, 1.807) is 12.1 Å². The number of aryl methyl sites for hydroxylation is 1. The van der Waals surface area contributed by atoms with Crippen LogP contribution < -0.4 is 11.1 Å². The van der Waals surface area contributed by atoms with Crippen LogP contribution in [0.15, 0.2) is 52.4 Å². The number of nitrogens with two attached hydrogens (primary N) is 1. The second-order valence-corrected chi connectivity index (χ2v) is 9.02. The topological polar surface area (TPSA) is 84.5 Å². The Morgan fingerprint density at radius 2 is 1.92 bits per heavy atom. The van der Waals surface area contributed by atoms with E-state index in [0.29, 0.717) is 17.4 Å². The van der Waals surface area contributed by atoms with Crippen molar-refractivity contribution in [2.75, 3.05) is 17.6 Å². The van der Waals surface area contributed by atoms with Gasteiger partial charge in [-0.05, 0) is 54.5 Å². The van der Waals surface area contributed by atoms with E-state index in [1.807, 2.05) is 24.3 Å². The molecule has 1 heterocycles. The Morgan fingerprint density at radius 1 is 1.12 bits per heavy atom. The summed E-state index contributed by atoms with van der Waals surface area (Å²) in [4.78, 5) is 4.87. The van der Waals surface area contributed by atoms with Crippen molar-refractivity contribution in [1.29, 1.82) is 0 Å². The fourth-order valence-electron chi connectivity index (χ4n) is 3.98. The van der Waals surface area contributed by atoms with E-state index >= 15 is 0 Å². The lowest BCUT2D eigenvalue weighted by Gasteiger charge is -2.20. The molecular weight excluding hydrogens is 346 g/mol. The Hall–Kier alpha value is -2.34. The number of sulfone groups is 1. The minimum atomic E-state index is -3.20. The number of fused-ring (bicyclic) bond motifs is 2. The maximum absolute atomic E-state index is 12.3. The molecular formula is C20H23N3O2S. The predicted octanol–water partition coefficient (Wildman–Crippen LogP) is 2.86. The molecule has 3 N–H and O–H groups in total. The van der Waals surface area contributed by atoms with Crippen molar-refractivity contribution in [3.05, 3.63) is 59.2 Å². The number of nitrogens with one attached hydrogen (secondary N) is 1. The third-order valence-electron chi connectivity index (χ3n) is 5.26. The van der Waals surface area contributed by atoms with Crippen LogP contribution in [0.4, 0.5) is 5.69 Å². The molecule has 136 valence electrons. The zero-order valence-electron chi connectivity index (χ0n) is 14.6. The summed E-state index contributed by atoms with van der Waals surface area (Å²) < 4.78 is 24.5. The summed E-state index contributed by atoms with van der Waals surface area (Å²) in [6.07, 6.45) is 4.59. The van der Waals surface area contributed by atoms with Gasteiger partial charge in [-0.3, -0.25) is 4.99 Å². The van der Waals surface area contributed by atoms with Crippen LogP contribution >= 0.6 is 0 Å². The molecule has 2 aliphatic rings. The largest absolute Gasteiger partial charge is 0.370 e. The summed E-state index contributed by atoms with van der Waals surface area (Å²) in [5.74, 6) is 0.302. The lowest BCUT2D eigenvalue weighted by atomic mass is 9.90. The van der Waals surface area contributed by atoms with Gasteiger partial charge in [-0.1, -0.05) is 30.3 Å². The van der Waals surface area contributed by atoms with Gasteiger partial charge in [0.05, 0.1) is 17.2 Å². The highest BCUT2D eigenvalue weighted by atomic mass is 32.2. The smallest absolute Gasteiger partial charge is 0.193 e. The van der Waals surface area contributed by atoms with Crippen molar-refractivity contribution in [3.63, 3.8) is 0 Å². The molecule has 6 heteroatoms. The minimum Gasteiger partial charge on any atom is -0.370 e. The van der Waals surface area contributed by atoms with Gasteiger partial charge in [-0.2, -0.15) is 0 Å². The number of guanidine groups is 1. The second kappa shape index (κ2) is 6.76. The van der Waals surface area contributed by atoms with E-state index in [9.17, 15) is 8.42 Å². The van der Waals surface area contributed by atoms with Gasteiger partial charge in [0.25, 0.3) is 0 Å². The quantitative estimate of drug-likeness (QED) is 0.644. The van der Waals surface area contributed by atoms with Crippen LogP contribution in [-0.2, 0) is 22.7 Å². The van der Waals surface area contributed by atoms with Crippen molar-refractivity contribution in [1.82, 2.24) is 0 Å². The van der Waals surface area contributed by atoms with Crippen LogP contribution in [0.25, 0.3) is 0 Å². The molecule has 0 spiro atoms. The Balaban J connectivity index is 1.51. The van der Waals surface area contributed by atoms with Crippen molar-refractivity contribution in [2.45, 2.75) is 36.5 Å². The average Bonchev–Trinajstić information content (AvgIpc) is 2.91. The van der Waals surface area contributed by atoms with Gasteiger partial charge in [0.1, 0.15) is 0 Å². The molecule has 1 atom stereocenters. The van der Waals surface area contributed by atoms with E-state index in [0.717, 1.165) is 24.1 Å². The lowest BCUT2D eigenvalue weighted by molar-refractivity contribution is 0.597. The molecule has 0 aromatic heterocycles. The van der Waals surface area contributed by atoms with E-state index in [4.69, 9.17) is 5.73 Å². The number of anilines is 1. The number of hydrogen-bond acceptors (Lipinski definition) is 3. The minimum absolute atomic E-state index is 0.101. The molecule has 26 heavy (non-hydrogen) atoms. The standard InChI is InChI=1S/C20H23N3O2S/c21-20(23-18-10-5-7-14-6-1-2-8-16(14)18)22-12-15-13-26(24,25)19-11-4-3-9-17(15)19/h3-5,7,9-11,15H,1-2,6,8,12-13H2,(H3,21,22,23). The van der Waals surface area contributed by atoms with Gasteiger partial charge in [0.2, 0.25) is 0 Å². The van der Waals surface area contributed by atoms with Crippen molar-refractivity contribution < 1.29 is 8.42 Å². The van der Waals surface area contributed by atoms with Crippen LogP contribution in [0.1, 0.15) is 35.4 Å². The van der Waals surface area contributed by atoms with Gasteiger partial charge in [0, 0.05) is 11.6 Å². The molecule has 1 aliphatic heterocycles. The monoisotopic (exact) mass is 369 g/mol. The molecule has 1 unspecified atom stereocenters. The van der Waals surface area contributed by atoms with Crippen molar-refractivity contribution in [3.8, 4) is 0 Å². The SMILES string of the molecule is NC(=NCC1CS(=O)(=O)c2ccccc21)Nc1cccc2c1CCCC2. The van der Waals surface area contributed by atoms with E-state index < -0.39 is 9.84 Å². The normalized spacial score (nSPS) is 21.1. The van der Waals surface area contributed by atoms with Gasteiger partial charge in [-0.25, -0.2) is 8.42 Å². The van der Waals surface area contributed by atoms with Crippen LogP contribution in [0, 0.1) is 0 Å². The summed E-state index contributed by atoms with van der Waals surface area (Å²) in [7, 11) is -3.20. The number of rotatable bonds is 3. The average molecular weight is 369 g/mol. The van der Waals surface area contributed by atoms with E-state index in [1.165, 1.54) is 24.0 Å². The first-order chi connectivity index (χ1) is 12.5. The summed E-state index contributed by atoms with van der Waals surface area (Å²) in [5.41, 5.74) is 10.7. The second-order valence-electron chi connectivity index (χ2n) is 7.02. The number of hydrogen-bond donors (Lipinski definition) is 2. The molecule has 0 saturated carbocycles. The first-order valence-corrected chi connectivity index (χ1v) is 10.7. The highest BCUT2D eigenvalue weighted by molar-refractivity contribution is 7.91. The first kappa shape index (κ1) is 17.1. The first-order valence-electron chi connectivity index (χ1n) is 9.04. The Morgan fingerprint density at radius 3 is 2.81 bits per heavy atom. The van der Waals surface area contributed by atoms with E-state index in [-0.39, 0.29) is 11.7 Å². The van der Waals surface area contributed by atoms with Gasteiger partial charge in [0.15, 0.2) is 15.8 Å². The van der Waals surface area contributed by atoms with Gasteiger partial charge >= 0.3 is 0 Å². The molecule has 0 fully saturated rings. The third kappa shape index (κ3) is 3.21. The summed E-state index contributed by atoms with van der Waals surface area (Å²) in [6, 6.07) is 13.4. The molecule has 0 bridgehead atoms. The predicted molar refractivity (Wildman–Crippen MR) is 104 cm³/mol. The summed E-state index contributed by atoms with van der Waals surface area (Å²) in [6.45, 7) is 0.365. The Bertz CT molecular complexity index is 967. The third-order valence-corrected chi connectivity index (χ3v) is 7.14. The van der Waals surface area contributed by atoms with Crippen LogP contribution in [0.3, 0.4) is 0 Å². The summed E-state index contributed by atoms with van der Waals surface area (Å²) in [5, 5.41) is 3.22. The molecule has 0 amide bonds.